The van der Waals surface area contributed by atoms with E-state index in [2.05, 4.69) is 13.2 Å². The number of rotatable bonds is 8. The van der Waals surface area contributed by atoms with Crippen LogP contribution in [0.5, 0.6) is 0 Å². The maximum Gasteiger partial charge on any atom is 0.354 e. The van der Waals surface area contributed by atoms with Crippen molar-refractivity contribution in [1.29, 1.82) is 0 Å². The van der Waals surface area contributed by atoms with Crippen LogP contribution in [0.25, 0.3) is 0 Å². The number of ether oxygens (including phenoxy) is 2. The maximum absolute atomic E-state index is 11.7. The summed E-state index contributed by atoms with van der Waals surface area (Å²) in [4.78, 5) is 23.1. The van der Waals surface area contributed by atoms with E-state index in [4.69, 9.17) is 20.9 Å². The monoisotopic (exact) mass is 284 g/mol. The Balaban J connectivity index is 4.42. The minimum absolute atomic E-state index is 0.0554. The molecule has 114 valence electrons. The van der Waals surface area contributed by atoms with Gasteiger partial charge in [-0.15, -0.1) is 0 Å². The van der Waals surface area contributed by atoms with E-state index in [9.17, 15) is 9.59 Å². The molecule has 0 saturated heterocycles. The van der Waals surface area contributed by atoms with Gasteiger partial charge in [0.15, 0.2) is 0 Å². The molecule has 4 N–H and O–H groups in total. The average Bonchev–Trinajstić information content (AvgIpc) is 2.26. The molecule has 0 radical (unpaired) electrons. The van der Waals surface area contributed by atoms with Crippen LogP contribution in [0.1, 0.15) is 34.1 Å². The van der Waals surface area contributed by atoms with Crippen molar-refractivity contribution in [1.82, 2.24) is 0 Å². The average molecular weight is 284 g/mol. The predicted molar refractivity (Wildman–Crippen MR) is 76.5 cm³/mol. The molecule has 0 amide bonds. The van der Waals surface area contributed by atoms with Crippen LogP contribution in [0.3, 0.4) is 0 Å². The molecule has 0 bridgehead atoms. The largest absolute Gasteiger partial charge is 0.455 e. The highest BCUT2D eigenvalue weighted by Gasteiger charge is 2.31. The molecule has 0 aliphatic carbocycles. The molecule has 0 aliphatic rings. The summed E-state index contributed by atoms with van der Waals surface area (Å²) in [5, 5.41) is 0. The van der Waals surface area contributed by atoms with Crippen molar-refractivity contribution in [3.63, 3.8) is 0 Å². The Bertz CT molecular complexity index is 425. The third kappa shape index (κ3) is 5.88. The molecule has 0 saturated carbocycles. The minimum Gasteiger partial charge on any atom is -0.455 e. The zero-order valence-corrected chi connectivity index (χ0v) is 12.6. The first kappa shape index (κ1) is 18.2. The highest BCUT2D eigenvalue weighted by molar-refractivity contribution is 6.00. The van der Waals surface area contributed by atoms with Crippen LogP contribution in [0.2, 0.25) is 0 Å². The molecule has 0 heterocycles. The fraction of sp³-hybridized carbons (Fsp3) is 0.571. The lowest BCUT2D eigenvalue weighted by Gasteiger charge is -2.28. The number of esters is 1. The topological polar surface area (TPSA) is 105 Å². The van der Waals surface area contributed by atoms with Gasteiger partial charge in [0.2, 0.25) is 5.78 Å². The quantitative estimate of drug-likeness (QED) is 0.509. The first-order valence-electron chi connectivity index (χ1n) is 6.20. The smallest absolute Gasteiger partial charge is 0.354 e. The van der Waals surface area contributed by atoms with Crippen molar-refractivity contribution in [3.8, 4) is 0 Å². The predicted octanol–water partition coefficient (Wildman–Crippen LogP) is 1.01. The van der Waals surface area contributed by atoms with Gasteiger partial charge in [-0.3, -0.25) is 4.79 Å². The second-order valence-corrected chi connectivity index (χ2v) is 5.64. The molecule has 0 aromatic carbocycles. The number of ketones is 1. The Morgan fingerprint density at radius 1 is 1.05 bits per heavy atom. The Hall–Kier alpha value is -1.82. The SMILES string of the molecule is C=C(N)C(=O)OC(C)(C)CCOC(C)(C)C(=O)C(=C)N. The molecule has 0 spiro atoms. The standard InChI is InChI=1S/C14H24N2O4/c1-9(15)11(17)14(5,6)19-8-7-13(3,4)20-12(18)10(2)16/h1-2,7-8,15-16H2,3-6H3. The van der Waals surface area contributed by atoms with Crippen molar-refractivity contribution in [3.05, 3.63) is 24.6 Å². The molecule has 0 aromatic rings. The second-order valence-electron chi connectivity index (χ2n) is 5.64. The van der Waals surface area contributed by atoms with Gasteiger partial charge in [-0.2, -0.15) is 0 Å². The third-order valence-corrected chi connectivity index (χ3v) is 2.64. The molecule has 6 heteroatoms. The third-order valence-electron chi connectivity index (χ3n) is 2.64. The second kappa shape index (κ2) is 6.56. The summed E-state index contributed by atoms with van der Waals surface area (Å²) in [6.45, 7) is 13.6. The normalized spacial score (nSPS) is 11.8. The van der Waals surface area contributed by atoms with Gasteiger partial charge in [-0.05, 0) is 27.7 Å². The van der Waals surface area contributed by atoms with E-state index in [1.165, 1.54) is 0 Å². The Labute approximate surface area is 119 Å². The van der Waals surface area contributed by atoms with E-state index < -0.39 is 17.2 Å². The zero-order chi connectivity index (χ0) is 16.1. The Morgan fingerprint density at radius 3 is 1.95 bits per heavy atom. The van der Waals surface area contributed by atoms with Gasteiger partial charge in [0.05, 0.1) is 12.3 Å². The summed E-state index contributed by atoms with van der Waals surface area (Å²) in [5.74, 6) is -1.04. The summed E-state index contributed by atoms with van der Waals surface area (Å²) < 4.78 is 10.6. The van der Waals surface area contributed by atoms with Gasteiger partial charge in [0.25, 0.3) is 0 Å². The van der Waals surface area contributed by atoms with Crippen molar-refractivity contribution < 1.29 is 19.1 Å². The van der Waals surface area contributed by atoms with E-state index in [0.717, 1.165) is 0 Å². The lowest BCUT2D eigenvalue weighted by atomic mass is 10.0. The molecule has 0 rings (SSSR count). The number of carbonyl (C=O) groups is 2. The summed E-state index contributed by atoms with van der Waals surface area (Å²) >= 11 is 0. The summed E-state index contributed by atoms with van der Waals surface area (Å²) in [6, 6.07) is 0. The minimum atomic E-state index is -1.07. The lowest BCUT2D eigenvalue weighted by molar-refractivity contribution is -0.156. The van der Waals surface area contributed by atoms with Crippen molar-refractivity contribution in [2.75, 3.05) is 6.61 Å². The first-order valence-corrected chi connectivity index (χ1v) is 6.20. The van der Waals surface area contributed by atoms with Gasteiger partial charge >= 0.3 is 5.97 Å². The van der Waals surface area contributed by atoms with Crippen LogP contribution >= 0.6 is 0 Å². The number of nitrogens with two attached hydrogens (primary N) is 2. The summed E-state index contributed by atoms with van der Waals surface area (Å²) in [6.07, 6.45) is 0.389. The van der Waals surface area contributed by atoms with Crippen LogP contribution in [-0.4, -0.2) is 29.6 Å². The van der Waals surface area contributed by atoms with Crippen LogP contribution < -0.4 is 11.5 Å². The summed E-state index contributed by atoms with van der Waals surface area (Å²) in [7, 11) is 0. The Morgan fingerprint density at radius 2 is 1.55 bits per heavy atom. The van der Waals surface area contributed by atoms with Crippen LogP contribution in [-0.2, 0) is 19.1 Å². The first-order chi connectivity index (χ1) is 8.89. The van der Waals surface area contributed by atoms with E-state index >= 15 is 0 Å². The van der Waals surface area contributed by atoms with Crippen molar-refractivity contribution in [2.24, 2.45) is 11.5 Å². The molecule has 6 nitrogen and oxygen atoms in total. The molecule has 0 aromatic heterocycles. The van der Waals surface area contributed by atoms with Gasteiger partial charge in [0.1, 0.15) is 16.9 Å². The van der Waals surface area contributed by atoms with Crippen molar-refractivity contribution in [2.45, 2.75) is 45.3 Å². The van der Waals surface area contributed by atoms with Gasteiger partial charge in [-0.1, -0.05) is 13.2 Å². The number of hydrogen-bond acceptors (Lipinski definition) is 6. The molecule has 0 aliphatic heterocycles. The summed E-state index contributed by atoms with van der Waals surface area (Å²) in [5.41, 5.74) is 8.55. The molecule has 0 fully saturated rings. The molecule has 0 atom stereocenters. The van der Waals surface area contributed by atoms with E-state index in [1.54, 1.807) is 27.7 Å². The zero-order valence-electron chi connectivity index (χ0n) is 12.6. The van der Waals surface area contributed by atoms with Gasteiger partial charge in [0, 0.05) is 6.42 Å². The maximum atomic E-state index is 11.7. The number of hydrogen-bond donors (Lipinski definition) is 2. The Kier molecular flexibility index (Phi) is 5.96. The number of Topliss-reactive ketones (excluding diaryl/α,β-unsaturated/α-hetero) is 1. The highest BCUT2D eigenvalue weighted by atomic mass is 16.6. The van der Waals surface area contributed by atoms with Gasteiger partial charge < -0.3 is 20.9 Å². The van der Waals surface area contributed by atoms with E-state index in [1.807, 2.05) is 0 Å². The van der Waals surface area contributed by atoms with Crippen LogP contribution in [0, 0.1) is 0 Å². The lowest BCUT2D eigenvalue weighted by Crippen LogP contribution is -2.40. The highest BCUT2D eigenvalue weighted by Crippen LogP contribution is 2.19. The van der Waals surface area contributed by atoms with Crippen LogP contribution in [0.4, 0.5) is 0 Å². The fourth-order valence-electron chi connectivity index (χ4n) is 1.37. The molecular formula is C14H24N2O4. The fourth-order valence-corrected chi connectivity index (χ4v) is 1.37. The molecular weight excluding hydrogens is 260 g/mol. The molecule has 0 unspecified atom stereocenters. The van der Waals surface area contributed by atoms with Crippen molar-refractivity contribution >= 4 is 11.8 Å². The van der Waals surface area contributed by atoms with E-state index in [-0.39, 0.29) is 23.8 Å². The van der Waals surface area contributed by atoms with Crippen LogP contribution in [0.15, 0.2) is 24.6 Å². The van der Waals surface area contributed by atoms with E-state index in [0.29, 0.717) is 6.42 Å². The van der Waals surface area contributed by atoms with Gasteiger partial charge in [-0.25, -0.2) is 4.79 Å². The number of carbonyl (C=O) groups excluding carboxylic acids is 2. The molecule has 20 heavy (non-hydrogen) atoms.